The number of thioether (sulfide) groups is 1. The van der Waals surface area contributed by atoms with Gasteiger partial charge in [-0.05, 0) is 20.1 Å². The second-order valence-corrected chi connectivity index (χ2v) is 4.98. The summed E-state index contributed by atoms with van der Waals surface area (Å²) >= 11 is 1.79. The van der Waals surface area contributed by atoms with Gasteiger partial charge in [-0.3, -0.25) is 0 Å². The summed E-state index contributed by atoms with van der Waals surface area (Å²) in [7, 11) is 1.97. The van der Waals surface area contributed by atoms with Gasteiger partial charge in [0.05, 0.1) is 6.10 Å². The Morgan fingerprint density at radius 1 is 1.47 bits per heavy atom. The van der Waals surface area contributed by atoms with Crippen LogP contribution >= 0.6 is 11.8 Å². The summed E-state index contributed by atoms with van der Waals surface area (Å²) in [4.78, 5) is 10.3. The highest BCUT2D eigenvalue weighted by atomic mass is 32.2. The normalized spacial score (nSPS) is 10.6. The number of ether oxygens (including phenoxy) is 1. The fourth-order valence-electron chi connectivity index (χ4n) is 1.33. The zero-order valence-electron chi connectivity index (χ0n) is 10.8. The van der Waals surface area contributed by atoms with Gasteiger partial charge in [0.1, 0.15) is 12.0 Å². The number of nitrogens with zero attached hydrogens (tertiary/aromatic N) is 3. The van der Waals surface area contributed by atoms with Crippen LogP contribution < -0.4 is 15.4 Å². The first-order valence-electron chi connectivity index (χ1n) is 5.53. The lowest BCUT2D eigenvalue weighted by Crippen LogP contribution is -2.23. The van der Waals surface area contributed by atoms with Crippen LogP contribution in [0.25, 0.3) is 0 Å². The Hall–Kier alpha value is -1.17. The highest BCUT2D eigenvalue weighted by molar-refractivity contribution is 7.98. The van der Waals surface area contributed by atoms with E-state index in [1.807, 2.05) is 25.8 Å². The van der Waals surface area contributed by atoms with E-state index in [4.69, 9.17) is 10.5 Å². The maximum atomic E-state index is 6.01. The molecule has 96 valence electrons. The maximum Gasteiger partial charge on any atom is 0.242 e. The van der Waals surface area contributed by atoms with Crippen LogP contribution in [0.15, 0.2) is 6.33 Å². The molecule has 5 nitrogen and oxygen atoms in total. The molecule has 1 aromatic rings. The highest BCUT2D eigenvalue weighted by Gasteiger charge is 2.13. The van der Waals surface area contributed by atoms with Crippen LogP contribution in [0, 0.1) is 0 Å². The average molecular weight is 256 g/mol. The molecule has 0 atom stereocenters. The molecule has 2 N–H and O–H groups in total. The molecule has 0 radical (unpaired) electrons. The van der Waals surface area contributed by atoms with Gasteiger partial charge >= 0.3 is 0 Å². The van der Waals surface area contributed by atoms with E-state index in [0.717, 1.165) is 18.1 Å². The minimum Gasteiger partial charge on any atom is -0.473 e. The third-order valence-corrected chi connectivity index (χ3v) is 2.76. The first-order chi connectivity index (χ1) is 8.06. The molecule has 0 unspecified atom stereocenters. The van der Waals surface area contributed by atoms with Crippen LogP contribution in [0.1, 0.15) is 13.8 Å². The van der Waals surface area contributed by atoms with E-state index in [9.17, 15) is 0 Å². The molecule has 1 heterocycles. The topological polar surface area (TPSA) is 64.3 Å². The van der Waals surface area contributed by atoms with Crippen LogP contribution in [0.5, 0.6) is 5.88 Å². The molecule has 0 amide bonds. The van der Waals surface area contributed by atoms with Crippen molar-refractivity contribution in [1.82, 2.24) is 9.97 Å². The van der Waals surface area contributed by atoms with Crippen LogP contribution in [-0.4, -0.2) is 41.7 Å². The Morgan fingerprint density at radius 2 is 2.18 bits per heavy atom. The molecule has 1 aromatic heterocycles. The van der Waals surface area contributed by atoms with Gasteiger partial charge in [-0.25, -0.2) is 4.98 Å². The Kier molecular flexibility index (Phi) is 5.34. The number of rotatable bonds is 6. The summed E-state index contributed by atoms with van der Waals surface area (Å²) in [6, 6.07) is 0. The van der Waals surface area contributed by atoms with Crippen LogP contribution in [-0.2, 0) is 0 Å². The number of nitrogens with two attached hydrogens (primary N) is 1. The fraction of sp³-hybridized carbons (Fsp3) is 0.636. The smallest absolute Gasteiger partial charge is 0.242 e. The lowest BCUT2D eigenvalue weighted by molar-refractivity contribution is 0.234. The first-order valence-corrected chi connectivity index (χ1v) is 6.92. The molecule has 0 bridgehead atoms. The second-order valence-electron chi connectivity index (χ2n) is 4.00. The van der Waals surface area contributed by atoms with Crippen LogP contribution in [0.4, 0.5) is 11.5 Å². The minimum absolute atomic E-state index is 0.0524. The van der Waals surface area contributed by atoms with Gasteiger partial charge in [-0.2, -0.15) is 16.7 Å². The van der Waals surface area contributed by atoms with Gasteiger partial charge in [0.15, 0.2) is 5.82 Å². The number of hydrogen-bond acceptors (Lipinski definition) is 6. The SMILES string of the molecule is CSCCN(C)c1ncnc(OC(C)C)c1N. The molecule has 0 spiro atoms. The van der Waals surface area contributed by atoms with Gasteiger partial charge in [0, 0.05) is 19.3 Å². The van der Waals surface area contributed by atoms with E-state index in [-0.39, 0.29) is 6.10 Å². The molecule has 0 aliphatic rings. The monoisotopic (exact) mass is 256 g/mol. The van der Waals surface area contributed by atoms with E-state index < -0.39 is 0 Å². The van der Waals surface area contributed by atoms with Crippen molar-refractivity contribution in [1.29, 1.82) is 0 Å². The van der Waals surface area contributed by atoms with Crippen molar-refractivity contribution in [2.75, 3.05) is 36.2 Å². The summed E-state index contributed by atoms with van der Waals surface area (Å²) in [6.45, 7) is 4.78. The predicted molar refractivity (Wildman–Crippen MR) is 73.9 cm³/mol. The van der Waals surface area contributed by atoms with E-state index in [1.165, 1.54) is 6.33 Å². The molecule has 0 fully saturated rings. The largest absolute Gasteiger partial charge is 0.473 e. The Morgan fingerprint density at radius 3 is 2.76 bits per heavy atom. The Bertz CT molecular complexity index is 359. The quantitative estimate of drug-likeness (QED) is 0.835. The zero-order valence-corrected chi connectivity index (χ0v) is 11.6. The lowest BCUT2D eigenvalue weighted by atomic mass is 10.4. The Balaban J connectivity index is 2.85. The van der Waals surface area contributed by atoms with E-state index in [0.29, 0.717) is 11.6 Å². The van der Waals surface area contributed by atoms with Gasteiger partial charge in [-0.1, -0.05) is 0 Å². The van der Waals surface area contributed by atoms with Crippen LogP contribution in [0.3, 0.4) is 0 Å². The average Bonchev–Trinajstić information content (AvgIpc) is 2.28. The molecule has 0 aliphatic carbocycles. The molecule has 0 aromatic carbocycles. The number of aromatic nitrogens is 2. The summed E-state index contributed by atoms with van der Waals surface area (Å²) < 4.78 is 5.53. The van der Waals surface area contributed by atoms with Gasteiger partial charge in [-0.15, -0.1) is 0 Å². The molecule has 17 heavy (non-hydrogen) atoms. The minimum atomic E-state index is 0.0524. The number of nitrogen functional groups attached to an aromatic ring is 1. The van der Waals surface area contributed by atoms with Crippen molar-refractivity contribution in [2.45, 2.75) is 20.0 Å². The predicted octanol–water partition coefficient (Wildman–Crippen LogP) is 1.65. The molecular weight excluding hydrogens is 236 g/mol. The van der Waals surface area contributed by atoms with Gasteiger partial charge in [0.2, 0.25) is 5.88 Å². The van der Waals surface area contributed by atoms with Gasteiger partial charge < -0.3 is 15.4 Å². The van der Waals surface area contributed by atoms with Crippen molar-refractivity contribution in [3.63, 3.8) is 0 Å². The molecule has 0 aliphatic heterocycles. The standard InChI is InChI=1S/C11H20N4OS/c1-8(2)16-11-9(12)10(13-7-14-11)15(3)5-6-17-4/h7-8H,5-6,12H2,1-4H3. The van der Waals surface area contributed by atoms with Crippen molar-refractivity contribution >= 4 is 23.3 Å². The molecule has 0 saturated carbocycles. The summed E-state index contributed by atoms with van der Waals surface area (Å²) in [5, 5.41) is 0. The summed E-state index contributed by atoms with van der Waals surface area (Å²) in [5.41, 5.74) is 6.51. The molecule has 0 saturated heterocycles. The van der Waals surface area contributed by atoms with Gasteiger partial charge in [0.25, 0.3) is 0 Å². The van der Waals surface area contributed by atoms with Crippen molar-refractivity contribution < 1.29 is 4.74 Å². The molecular formula is C11H20N4OS. The molecule has 1 rings (SSSR count). The fourth-order valence-corrected chi connectivity index (χ4v) is 1.78. The maximum absolute atomic E-state index is 6.01. The van der Waals surface area contributed by atoms with Crippen molar-refractivity contribution in [2.24, 2.45) is 0 Å². The van der Waals surface area contributed by atoms with Crippen molar-refractivity contribution in [3.05, 3.63) is 6.33 Å². The second kappa shape index (κ2) is 6.54. The zero-order chi connectivity index (χ0) is 12.8. The van der Waals surface area contributed by atoms with E-state index in [2.05, 4.69) is 16.2 Å². The number of hydrogen-bond donors (Lipinski definition) is 1. The van der Waals surface area contributed by atoms with E-state index in [1.54, 1.807) is 11.8 Å². The number of anilines is 2. The highest BCUT2D eigenvalue weighted by Crippen LogP contribution is 2.27. The summed E-state index contributed by atoms with van der Waals surface area (Å²) in [6.07, 6.45) is 3.61. The van der Waals surface area contributed by atoms with E-state index >= 15 is 0 Å². The third-order valence-electron chi connectivity index (χ3n) is 2.17. The summed E-state index contributed by atoms with van der Waals surface area (Å²) in [5.74, 6) is 2.21. The lowest BCUT2D eigenvalue weighted by Gasteiger charge is -2.20. The van der Waals surface area contributed by atoms with Crippen LogP contribution in [0.2, 0.25) is 0 Å². The molecule has 6 heteroatoms. The third kappa shape index (κ3) is 3.96. The first kappa shape index (κ1) is 13.9. The van der Waals surface area contributed by atoms with Crippen molar-refractivity contribution in [3.8, 4) is 5.88 Å². The Labute approximate surface area is 107 Å².